The summed E-state index contributed by atoms with van der Waals surface area (Å²) >= 11 is 0. The van der Waals surface area contributed by atoms with E-state index in [1.54, 1.807) is 11.0 Å². The van der Waals surface area contributed by atoms with Gasteiger partial charge in [-0.05, 0) is 24.6 Å². The number of hydrogen-bond donors (Lipinski definition) is 1. The second-order valence-corrected chi connectivity index (χ2v) is 6.84. The molecular weight excluding hydrogens is 356 g/mol. The molecule has 0 spiro atoms. The highest BCUT2D eigenvalue weighted by Crippen LogP contribution is 2.31. The lowest BCUT2D eigenvalue weighted by Crippen LogP contribution is -2.44. The lowest BCUT2D eigenvalue weighted by molar-refractivity contribution is 0.0464. The third kappa shape index (κ3) is 3.58. The molecule has 4 rings (SSSR count). The van der Waals surface area contributed by atoms with Crippen molar-refractivity contribution in [3.05, 3.63) is 70.5 Å². The van der Waals surface area contributed by atoms with Crippen LogP contribution in [-0.4, -0.2) is 41.6 Å². The zero-order valence-electron chi connectivity index (χ0n) is 15.7. The van der Waals surface area contributed by atoms with Crippen molar-refractivity contribution in [1.29, 1.82) is 0 Å². The van der Waals surface area contributed by atoms with Crippen LogP contribution in [0.1, 0.15) is 23.7 Å². The lowest BCUT2D eigenvalue weighted by atomic mass is 10.1. The lowest BCUT2D eigenvalue weighted by Gasteiger charge is -2.31. The number of ether oxygens (including phenoxy) is 2. The summed E-state index contributed by atoms with van der Waals surface area (Å²) in [7, 11) is 0. The van der Waals surface area contributed by atoms with E-state index in [1.165, 1.54) is 6.07 Å². The van der Waals surface area contributed by atoms with E-state index < -0.39 is 0 Å². The molecule has 2 heterocycles. The molecule has 0 radical (unpaired) electrons. The Bertz CT molecular complexity index is 1060. The van der Waals surface area contributed by atoms with Gasteiger partial charge in [-0.1, -0.05) is 37.3 Å². The Labute approximate surface area is 162 Å². The fraction of sp³-hybridized carbons (Fsp3) is 0.273. The van der Waals surface area contributed by atoms with Crippen molar-refractivity contribution < 1.29 is 14.3 Å². The normalized spacial score (nSPS) is 15.4. The Hall–Kier alpha value is -3.28. The molecule has 1 amide bonds. The predicted molar refractivity (Wildman–Crippen MR) is 107 cm³/mol. The van der Waals surface area contributed by atoms with Crippen molar-refractivity contribution in [2.75, 3.05) is 19.7 Å². The van der Waals surface area contributed by atoms with Crippen LogP contribution >= 0.6 is 0 Å². The van der Waals surface area contributed by atoms with Crippen molar-refractivity contribution in [3.63, 3.8) is 0 Å². The van der Waals surface area contributed by atoms with Crippen molar-refractivity contribution >= 4 is 16.8 Å². The first kappa shape index (κ1) is 18.1. The van der Waals surface area contributed by atoms with Gasteiger partial charge in [-0.3, -0.25) is 9.59 Å². The molecule has 0 fully saturated rings. The third-order valence-corrected chi connectivity index (χ3v) is 4.75. The van der Waals surface area contributed by atoms with Gasteiger partial charge in [-0.15, -0.1) is 0 Å². The van der Waals surface area contributed by atoms with Crippen LogP contribution in [0.25, 0.3) is 10.9 Å². The van der Waals surface area contributed by atoms with E-state index >= 15 is 0 Å². The molecule has 144 valence electrons. The van der Waals surface area contributed by atoms with Crippen LogP contribution in [0.2, 0.25) is 0 Å². The summed E-state index contributed by atoms with van der Waals surface area (Å²) in [6, 6.07) is 16.2. The molecule has 0 unspecified atom stereocenters. The fourth-order valence-electron chi connectivity index (χ4n) is 3.50. The van der Waals surface area contributed by atoms with Gasteiger partial charge < -0.3 is 19.4 Å². The summed E-state index contributed by atoms with van der Waals surface area (Å²) in [5.41, 5.74) is 0.774. The van der Waals surface area contributed by atoms with Crippen LogP contribution in [0.3, 0.4) is 0 Å². The number of aromatic nitrogens is 1. The molecule has 28 heavy (non-hydrogen) atoms. The number of para-hydroxylation sites is 3. The smallest absolute Gasteiger partial charge is 0.254 e. The Balaban J connectivity index is 1.60. The van der Waals surface area contributed by atoms with Crippen LogP contribution in [0, 0.1) is 0 Å². The topological polar surface area (TPSA) is 71.6 Å². The van der Waals surface area contributed by atoms with Crippen LogP contribution in [0.5, 0.6) is 11.5 Å². The van der Waals surface area contributed by atoms with Crippen LogP contribution < -0.4 is 15.0 Å². The average molecular weight is 378 g/mol. The SMILES string of the molecule is CCCN(C[C@H]1COc2ccccc2O1)C(=O)c1cc(=O)[nH]c2ccccc12. The minimum Gasteiger partial charge on any atom is -0.486 e. The van der Waals surface area contributed by atoms with Gasteiger partial charge in [0.25, 0.3) is 5.91 Å². The summed E-state index contributed by atoms with van der Waals surface area (Å²) < 4.78 is 11.8. The van der Waals surface area contributed by atoms with Crippen molar-refractivity contribution in [2.45, 2.75) is 19.4 Å². The fourth-order valence-corrected chi connectivity index (χ4v) is 3.50. The highest BCUT2D eigenvalue weighted by molar-refractivity contribution is 6.05. The van der Waals surface area contributed by atoms with Crippen molar-refractivity contribution in [2.24, 2.45) is 0 Å². The molecule has 6 nitrogen and oxygen atoms in total. The van der Waals surface area contributed by atoms with Gasteiger partial charge in [0.15, 0.2) is 17.6 Å². The minimum atomic E-state index is -0.287. The van der Waals surface area contributed by atoms with E-state index in [1.807, 2.05) is 49.4 Å². The zero-order chi connectivity index (χ0) is 19.5. The zero-order valence-corrected chi connectivity index (χ0v) is 15.7. The number of carbonyl (C=O) groups is 1. The highest BCUT2D eigenvalue weighted by Gasteiger charge is 2.26. The summed E-state index contributed by atoms with van der Waals surface area (Å²) in [6.07, 6.45) is 0.537. The molecule has 1 aromatic heterocycles. The second-order valence-electron chi connectivity index (χ2n) is 6.84. The largest absolute Gasteiger partial charge is 0.486 e. The van der Waals surface area contributed by atoms with E-state index in [2.05, 4.69) is 4.98 Å². The number of aromatic amines is 1. The molecule has 3 aromatic rings. The predicted octanol–water partition coefficient (Wildman–Crippen LogP) is 3.22. The molecule has 0 aliphatic carbocycles. The van der Waals surface area contributed by atoms with Gasteiger partial charge in [-0.2, -0.15) is 0 Å². The molecule has 1 aliphatic rings. The Morgan fingerprint density at radius 1 is 1.14 bits per heavy atom. The van der Waals surface area contributed by atoms with Crippen LogP contribution in [0.15, 0.2) is 59.4 Å². The summed E-state index contributed by atoms with van der Waals surface area (Å²) in [6.45, 7) is 3.36. The van der Waals surface area contributed by atoms with Gasteiger partial charge in [0, 0.05) is 23.5 Å². The quantitative estimate of drug-likeness (QED) is 0.740. The first-order valence-electron chi connectivity index (χ1n) is 9.45. The number of rotatable bonds is 5. The summed E-state index contributed by atoms with van der Waals surface area (Å²) in [5, 5.41) is 0.736. The maximum Gasteiger partial charge on any atom is 0.254 e. The first-order chi connectivity index (χ1) is 13.7. The Morgan fingerprint density at radius 3 is 2.71 bits per heavy atom. The average Bonchev–Trinajstić information content (AvgIpc) is 2.72. The number of fused-ring (bicyclic) bond motifs is 2. The Morgan fingerprint density at radius 2 is 1.89 bits per heavy atom. The number of nitrogens with one attached hydrogen (secondary N) is 1. The van der Waals surface area contributed by atoms with Gasteiger partial charge >= 0.3 is 0 Å². The summed E-state index contributed by atoms with van der Waals surface area (Å²) in [4.78, 5) is 29.9. The van der Waals surface area contributed by atoms with Crippen LogP contribution in [-0.2, 0) is 0 Å². The maximum absolute atomic E-state index is 13.3. The number of pyridine rings is 1. The van der Waals surface area contributed by atoms with E-state index in [9.17, 15) is 9.59 Å². The molecule has 2 aromatic carbocycles. The van der Waals surface area contributed by atoms with Crippen LogP contribution in [0.4, 0.5) is 0 Å². The Kier molecular flexibility index (Phi) is 5.02. The molecule has 0 bridgehead atoms. The molecule has 0 saturated heterocycles. The number of amides is 1. The van der Waals surface area contributed by atoms with Gasteiger partial charge in [-0.25, -0.2) is 0 Å². The highest BCUT2D eigenvalue weighted by atomic mass is 16.6. The standard InChI is InChI=1S/C22H22N2O4/c1-2-11-24(13-15-14-27-19-9-5-6-10-20(19)28-15)22(26)17-12-21(25)23-18-8-4-3-7-16(17)18/h3-10,12,15H,2,11,13-14H2,1H3,(H,23,25)/t15-/m0/s1. The number of carbonyl (C=O) groups excluding carboxylic acids is 1. The molecule has 1 N–H and O–H groups in total. The minimum absolute atomic E-state index is 0.174. The number of nitrogens with zero attached hydrogens (tertiary/aromatic N) is 1. The maximum atomic E-state index is 13.3. The third-order valence-electron chi connectivity index (χ3n) is 4.75. The molecule has 1 atom stereocenters. The first-order valence-corrected chi connectivity index (χ1v) is 9.45. The monoisotopic (exact) mass is 378 g/mol. The summed E-state index contributed by atoms with van der Waals surface area (Å²) in [5.74, 6) is 1.23. The van der Waals surface area contributed by atoms with Gasteiger partial charge in [0.05, 0.1) is 12.1 Å². The molecule has 0 saturated carbocycles. The van der Waals surface area contributed by atoms with Gasteiger partial charge in [0.2, 0.25) is 5.56 Å². The molecule has 1 aliphatic heterocycles. The van der Waals surface area contributed by atoms with Crippen molar-refractivity contribution in [3.8, 4) is 11.5 Å². The van der Waals surface area contributed by atoms with E-state index in [-0.39, 0.29) is 17.6 Å². The second kappa shape index (κ2) is 7.76. The van der Waals surface area contributed by atoms with Crippen molar-refractivity contribution in [1.82, 2.24) is 9.88 Å². The number of hydrogen-bond acceptors (Lipinski definition) is 4. The molecule has 6 heteroatoms. The van der Waals surface area contributed by atoms with E-state index in [0.29, 0.717) is 42.3 Å². The van der Waals surface area contributed by atoms with E-state index in [4.69, 9.17) is 9.47 Å². The number of H-pyrrole nitrogens is 1. The van der Waals surface area contributed by atoms with Gasteiger partial charge in [0.1, 0.15) is 6.61 Å². The number of benzene rings is 2. The molecular formula is C22H22N2O4. The van der Waals surface area contributed by atoms with E-state index in [0.717, 1.165) is 11.8 Å².